The summed E-state index contributed by atoms with van der Waals surface area (Å²) in [7, 11) is -3.86. The maximum absolute atomic E-state index is 12.8. The zero-order valence-corrected chi connectivity index (χ0v) is 16.9. The lowest BCUT2D eigenvalue weighted by Gasteiger charge is -2.21. The summed E-state index contributed by atoms with van der Waals surface area (Å²) in [6.45, 7) is 5.64. The van der Waals surface area contributed by atoms with E-state index in [2.05, 4.69) is 15.0 Å². The highest BCUT2D eigenvalue weighted by atomic mass is 32.2. The Labute approximate surface area is 161 Å². The topological polar surface area (TPSA) is 101 Å². The van der Waals surface area contributed by atoms with Crippen molar-refractivity contribution in [1.82, 2.24) is 15.0 Å². The van der Waals surface area contributed by atoms with E-state index in [0.717, 1.165) is 15.2 Å². The van der Waals surface area contributed by atoms with Gasteiger partial charge in [-0.2, -0.15) is 4.72 Å². The van der Waals surface area contributed by atoms with Crippen LogP contribution in [0.25, 0.3) is 10.2 Å². The second-order valence-electron chi connectivity index (χ2n) is 6.50. The number of fused-ring (bicyclic) bond motifs is 1. The Morgan fingerprint density at radius 2 is 2.07 bits per heavy atom. The molecule has 0 bridgehead atoms. The van der Waals surface area contributed by atoms with Crippen molar-refractivity contribution in [3.63, 3.8) is 0 Å². The van der Waals surface area contributed by atoms with Crippen LogP contribution in [0.4, 0.5) is 0 Å². The lowest BCUT2D eigenvalue weighted by Crippen LogP contribution is -2.49. The van der Waals surface area contributed by atoms with E-state index in [-0.39, 0.29) is 17.4 Å². The van der Waals surface area contributed by atoms with Gasteiger partial charge in [0.1, 0.15) is 11.8 Å². The number of hydrogen-bond acceptors (Lipinski definition) is 6. The van der Waals surface area contributed by atoms with Crippen molar-refractivity contribution >= 4 is 37.5 Å². The number of thiazole rings is 1. The van der Waals surface area contributed by atoms with Crippen LogP contribution in [-0.4, -0.2) is 25.4 Å². The van der Waals surface area contributed by atoms with Gasteiger partial charge in [-0.05, 0) is 43.2 Å². The van der Waals surface area contributed by atoms with E-state index in [4.69, 9.17) is 4.42 Å². The monoisotopic (exact) mass is 407 g/mol. The van der Waals surface area contributed by atoms with Gasteiger partial charge in [0.2, 0.25) is 15.9 Å². The normalized spacial score (nSPS) is 13.2. The molecular weight excluding hydrogens is 386 g/mol. The first-order chi connectivity index (χ1) is 12.8. The Morgan fingerprint density at radius 3 is 2.74 bits per heavy atom. The molecule has 27 heavy (non-hydrogen) atoms. The summed E-state index contributed by atoms with van der Waals surface area (Å²) in [4.78, 5) is 17.0. The van der Waals surface area contributed by atoms with E-state index >= 15 is 0 Å². The highest BCUT2D eigenvalue weighted by Gasteiger charge is 2.28. The average molecular weight is 408 g/mol. The van der Waals surface area contributed by atoms with E-state index in [9.17, 15) is 13.2 Å². The summed E-state index contributed by atoms with van der Waals surface area (Å²) < 4.78 is 34.1. The van der Waals surface area contributed by atoms with Gasteiger partial charge in [0.25, 0.3) is 0 Å². The predicted octanol–water partition coefficient (Wildman–Crippen LogP) is 2.82. The number of carbonyl (C=O) groups is 1. The van der Waals surface area contributed by atoms with Gasteiger partial charge in [0.05, 0.1) is 32.9 Å². The number of amides is 1. The fourth-order valence-corrected chi connectivity index (χ4v) is 4.92. The van der Waals surface area contributed by atoms with Crippen LogP contribution in [0.2, 0.25) is 0 Å². The van der Waals surface area contributed by atoms with Crippen molar-refractivity contribution in [2.45, 2.75) is 38.3 Å². The Kier molecular flexibility index (Phi) is 5.64. The third-order valence-electron chi connectivity index (χ3n) is 4.03. The van der Waals surface area contributed by atoms with Crippen LogP contribution in [0.3, 0.4) is 0 Å². The fourth-order valence-electron chi connectivity index (χ4n) is 2.61. The van der Waals surface area contributed by atoms with Gasteiger partial charge in [-0.3, -0.25) is 4.79 Å². The molecule has 0 aliphatic carbocycles. The number of nitrogens with one attached hydrogen (secondary N) is 2. The molecule has 1 amide bonds. The van der Waals surface area contributed by atoms with Crippen LogP contribution in [0, 0.1) is 12.8 Å². The average Bonchev–Trinajstić information content (AvgIpc) is 3.24. The Balaban J connectivity index is 1.77. The number of benzene rings is 1. The number of hydrogen-bond donors (Lipinski definition) is 2. The summed E-state index contributed by atoms with van der Waals surface area (Å²) in [5, 5.41) is 3.57. The van der Waals surface area contributed by atoms with Gasteiger partial charge < -0.3 is 9.73 Å². The molecule has 9 heteroatoms. The molecule has 0 unspecified atom stereocenters. The van der Waals surface area contributed by atoms with Crippen LogP contribution in [0.15, 0.2) is 45.9 Å². The van der Waals surface area contributed by atoms with Crippen molar-refractivity contribution in [3.05, 3.63) is 47.4 Å². The summed E-state index contributed by atoms with van der Waals surface area (Å²) >= 11 is 1.43. The van der Waals surface area contributed by atoms with Crippen LogP contribution in [0.5, 0.6) is 0 Å². The van der Waals surface area contributed by atoms with E-state index in [1.54, 1.807) is 38.1 Å². The second kappa shape index (κ2) is 7.79. The largest absolute Gasteiger partial charge is 0.467 e. The minimum atomic E-state index is -3.86. The molecule has 2 N–H and O–H groups in total. The van der Waals surface area contributed by atoms with E-state index in [1.807, 2.05) is 6.92 Å². The van der Waals surface area contributed by atoms with Crippen molar-refractivity contribution < 1.29 is 17.6 Å². The lowest BCUT2D eigenvalue weighted by molar-refractivity contribution is -0.123. The number of nitrogens with zero attached hydrogens (tertiary/aromatic N) is 1. The third kappa shape index (κ3) is 4.55. The smallest absolute Gasteiger partial charge is 0.241 e. The van der Waals surface area contributed by atoms with Crippen molar-refractivity contribution in [2.24, 2.45) is 5.92 Å². The van der Waals surface area contributed by atoms with Crippen LogP contribution >= 0.6 is 11.3 Å². The quantitative estimate of drug-likeness (QED) is 0.627. The highest BCUT2D eigenvalue weighted by Crippen LogP contribution is 2.25. The first-order valence-corrected chi connectivity index (χ1v) is 10.8. The van der Waals surface area contributed by atoms with Gasteiger partial charge in [-0.25, -0.2) is 13.4 Å². The molecule has 0 spiro atoms. The Hall–Kier alpha value is -2.23. The molecule has 3 rings (SSSR count). The standard InChI is InChI=1S/C18H21N3O4S2/c1-11(2)17(18(22)19-10-13-5-4-8-25-13)21-27(23,24)14-6-7-15-16(9-14)26-12(3)20-15/h4-9,11,17,21H,10H2,1-3H3,(H,19,22)/t17-/m1/s1. The molecule has 0 saturated carbocycles. The molecule has 2 aromatic heterocycles. The van der Waals surface area contributed by atoms with Crippen LogP contribution in [0.1, 0.15) is 24.6 Å². The van der Waals surface area contributed by atoms with E-state index in [1.165, 1.54) is 23.7 Å². The van der Waals surface area contributed by atoms with Gasteiger partial charge >= 0.3 is 0 Å². The number of carbonyl (C=O) groups excluding carboxylic acids is 1. The Bertz CT molecular complexity index is 1040. The molecule has 0 radical (unpaired) electrons. The number of aromatic nitrogens is 1. The minimum absolute atomic E-state index is 0.114. The molecule has 0 saturated heterocycles. The molecule has 144 valence electrons. The number of furan rings is 1. The first-order valence-electron chi connectivity index (χ1n) is 8.46. The molecule has 0 aliphatic rings. The van der Waals surface area contributed by atoms with Gasteiger partial charge in [0, 0.05) is 0 Å². The predicted molar refractivity (Wildman–Crippen MR) is 104 cm³/mol. The molecule has 0 fully saturated rings. The van der Waals surface area contributed by atoms with Gasteiger partial charge in [-0.1, -0.05) is 13.8 Å². The van der Waals surface area contributed by atoms with Crippen molar-refractivity contribution in [3.8, 4) is 0 Å². The molecule has 1 atom stereocenters. The number of rotatable bonds is 7. The third-order valence-corrected chi connectivity index (χ3v) is 6.40. The molecule has 1 aromatic carbocycles. The van der Waals surface area contributed by atoms with Gasteiger partial charge in [-0.15, -0.1) is 11.3 Å². The molecule has 7 nitrogen and oxygen atoms in total. The molecule has 3 aromatic rings. The summed E-state index contributed by atoms with van der Waals surface area (Å²) in [5.41, 5.74) is 0.757. The minimum Gasteiger partial charge on any atom is -0.467 e. The molecule has 0 aliphatic heterocycles. The highest BCUT2D eigenvalue weighted by molar-refractivity contribution is 7.89. The van der Waals surface area contributed by atoms with Crippen LogP contribution < -0.4 is 10.0 Å². The van der Waals surface area contributed by atoms with Crippen molar-refractivity contribution in [2.75, 3.05) is 0 Å². The molecule has 2 heterocycles. The van der Waals surface area contributed by atoms with Gasteiger partial charge in [0.15, 0.2) is 0 Å². The zero-order chi connectivity index (χ0) is 19.6. The maximum Gasteiger partial charge on any atom is 0.241 e. The molecular formula is C18H21N3O4S2. The van der Waals surface area contributed by atoms with E-state index < -0.39 is 22.0 Å². The lowest BCUT2D eigenvalue weighted by atomic mass is 10.1. The first kappa shape index (κ1) is 19.5. The Morgan fingerprint density at radius 1 is 1.30 bits per heavy atom. The van der Waals surface area contributed by atoms with Crippen molar-refractivity contribution in [1.29, 1.82) is 0 Å². The van der Waals surface area contributed by atoms with Crippen LogP contribution in [-0.2, 0) is 21.4 Å². The number of sulfonamides is 1. The number of aryl methyl sites for hydroxylation is 1. The van der Waals surface area contributed by atoms with E-state index in [0.29, 0.717) is 5.76 Å². The summed E-state index contributed by atoms with van der Waals surface area (Å²) in [5.74, 6) is -0.0369. The maximum atomic E-state index is 12.8. The second-order valence-corrected chi connectivity index (χ2v) is 9.45. The zero-order valence-electron chi connectivity index (χ0n) is 15.2. The summed E-state index contributed by atoms with van der Waals surface area (Å²) in [6, 6.07) is 7.32. The SMILES string of the molecule is Cc1nc2ccc(S(=O)(=O)N[C@@H](C(=O)NCc3ccco3)C(C)C)cc2s1. The fraction of sp³-hybridized carbons (Fsp3) is 0.333. The summed E-state index contributed by atoms with van der Waals surface area (Å²) in [6.07, 6.45) is 1.52.